The van der Waals surface area contributed by atoms with E-state index in [1.165, 1.54) is 6.07 Å². The van der Waals surface area contributed by atoms with Gasteiger partial charge in [0.15, 0.2) is 0 Å². The van der Waals surface area contributed by atoms with Crippen LogP contribution < -0.4 is 5.32 Å². The van der Waals surface area contributed by atoms with Gasteiger partial charge < -0.3 is 15.2 Å². The molecule has 0 bridgehead atoms. The van der Waals surface area contributed by atoms with E-state index in [2.05, 4.69) is 5.32 Å². The summed E-state index contributed by atoms with van der Waals surface area (Å²) in [4.78, 5) is 23.8. The summed E-state index contributed by atoms with van der Waals surface area (Å²) in [7, 11) is 0. The molecule has 0 spiro atoms. The molecule has 1 aromatic rings. The van der Waals surface area contributed by atoms with E-state index in [0.29, 0.717) is 23.8 Å². The molecule has 1 aliphatic heterocycles. The Morgan fingerprint density at radius 3 is 2.60 bits per heavy atom. The summed E-state index contributed by atoms with van der Waals surface area (Å²) < 4.78 is 5.89. The molecule has 0 aromatic heterocycles. The molecule has 1 saturated heterocycles. The normalized spacial score (nSPS) is 17.5. The third kappa shape index (κ3) is 3.24. The standard InChI is InChI=1S/C13H13ClINO4/c14-8-1-2-10(15)9(7-8)11(17)16-13(12(18)19)3-5-20-6-4-13/h1-2,7H,3-6H2,(H,16,17)(H,18,19). The van der Waals surface area contributed by atoms with Gasteiger partial charge in [0.2, 0.25) is 0 Å². The second kappa shape index (κ2) is 6.28. The van der Waals surface area contributed by atoms with Gasteiger partial charge in [-0.15, -0.1) is 0 Å². The molecule has 108 valence electrons. The largest absolute Gasteiger partial charge is 0.480 e. The number of carboxylic acid groups (broad SMARTS) is 1. The van der Waals surface area contributed by atoms with Crippen molar-refractivity contribution in [2.45, 2.75) is 18.4 Å². The number of carbonyl (C=O) groups excluding carboxylic acids is 1. The van der Waals surface area contributed by atoms with Gasteiger partial charge in [-0.3, -0.25) is 4.79 Å². The molecule has 2 N–H and O–H groups in total. The van der Waals surface area contributed by atoms with Crippen LogP contribution in [0.25, 0.3) is 0 Å². The molecule has 0 atom stereocenters. The number of rotatable bonds is 3. The van der Waals surface area contributed by atoms with Crippen molar-refractivity contribution in [1.29, 1.82) is 0 Å². The van der Waals surface area contributed by atoms with Crippen molar-refractivity contribution in [3.63, 3.8) is 0 Å². The van der Waals surface area contributed by atoms with E-state index in [1.807, 2.05) is 22.6 Å². The molecular formula is C13H13ClINO4. The second-order valence-corrected chi connectivity index (χ2v) is 6.18. The summed E-state index contributed by atoms with van der Waals surface area (Å²) in [5.74, 6) is -1.47. The highest BCUT2D eigenvalue weighted by molar-refractivity contribution is 14.1. The lowest BCUT2D eigenvalue weighted by atomic mass is 9.89. The Bertz CT molecular complexity index is 543. The zero-order valence-electron chi connectivity index (χ0n) is 10.5. The van der Waals surface area contributed by atoms with Crippen LogP contribution in [0.5, 0.6) is 0 Å². The minimum absolute atomic E-state index is 0.255. The third-order valence-corrected chi connectivity index (χ3v) is 4.46. The minimum Gasteiger partial charge on any atom is -0.480 e. The molecule has 1 fully saturated rings. The monoisotopic (exact) mass is 409 g/mol. The van der Waals surface area contributed by atoms with Gasteiger partial charge in [-0.25, -0.2) is 4.79 Å². The maximum Gasteiger partial charge on any atom is 0.329 e. The van der Waals surface area contributed by atoms with Gasteiger partial charge in [0.1, 0.15) is 5.54 Å². The number of halogens is 2. The van der Waals surface area contributed by atoms with E-state index in [-0.39, 0.29) is 12.8 Å². The van der Waals surface area contributed by atoms with Gasteiger partial charge in [0.05, 0.1) is 5.56 Å². The Hall–Kier alpha value is -0.860. The molecular weight excluding hydrogens is 397 g/mol. The molecule has 1 heterocycles. The fourth-order valence-electron chi connectivity index (χ4n) is 2.07. The van der Waals surface area contributed by atoms with Crippen molar-refractivity contribution < 1.29 is 19.4 Å². The van der Waals surface area contributed by atoms with Gasteiger partial charge in [-0.1, -0.05) is 11.6 Å². The number of hydrogen-bond donors (Lipinski definition) is 2. The van der Waals surface area contributed by atoms with Crippen LogP contribution in [-0.4, -0.2) is 35.7 Å². The van der Waals surface area contributed by atoms with Crippen molar-refractivity contribution in [3.05, 3.63) is 32.4 Å². The molecule has 1 aromatic carbocycles. The smallest absolute Gasteiger partial charge is 0.329 e. The average molecular weight is 410 g/mol. The predicted octanol–water partition coefficient (Wildman–Crippen LogP) is 2.31. The fraction of sp³-hybridized carbons (Fsp3) is 0.385. The number of carbonyl (C=O) groups is 2. The Kier molecular flexibility index (Phi) is 4.87. The van der Waals surface area contributed by atoms with Crippen LogP contribution in [0.2, 0.25) is 5.02 Å². The molecule has 2 rings (SSSR count). The van der Waals surface area contributed by atoms with Crippen LogP contribution in [0.1, 0.15) is 23.2 Å². The van der Waals surface area contributed by atoms with Crippen LogP contribution in [0.3, 0.4) is 0 Å². The van der Waals surface area contributed by atoms with Crippen molar-refractivity contribution in [3.8, 4) is 0 Å². The first-order chi connectivity index (χ1) is 9.44. The summed E-state index contributed by atoms with van der Waals surface area (Å²) in [5.41, 5.74) is -0.883. The zero-order valence-corrected chi connectivity index (χ0v) is 13.4. The molecule has 1 aliphatic rings. The van der Waals surface area contributed by atoms with Crippen LogP contribution in [0.15, 0.2) is 18.2 Å². The van der Waals surface area contributed by atoms with Crippen molar-refractivity contribution in [2.75, 3.05) is 13.2 Å². The van der Waals surface area contributed by atoms with Crippen molar-refractivity contribution in [2.24, 2.45) is 0 Å². The number of amides is 1. The Labute approximate surface area is 134 Å². The van der Waals surface area contributed by atoms with Crippen molar-refractivity contribution in [1.82, 2.24) is 5.32 Å². The second-order valence-electron chi connectivity index (χ2n) is 4.58. The predicted molar refractivity (Wildman–Crippen MR) is 82.1 cm³/mol. The molecule has 7 heteroatoms. The minimum atomic E-state index is -1.26. The number of ether oxygens (including phenoxy) is 1. The summed E-state index contributed by atoms with van der Waals surface area (Å²) in [6.07, 6.45) is 0.510. The lowest BCUT2D eigenvalue weighted by molar-refractivity contribution is -0.148. The van der Waals surface area contributed by atoms with Gasteiger partial charge in [0.25, 0.3) is 5.91 Å². The highest BCUT2D eigenvalue weighted by Gasteiger charge is 2.41. The fourth-order valence-corrected chi connectivity index (χ4v) is 2.82. The number of carboxylic acids is 1. The van der Waals surface area contributed by atoms with E-state index >= 15 is 0 Å². The van der Waals surface area contributed by atoms with Crippen molar-refractivity contribution >= 4 is 46.1 Å². The maximum absolute atomic E-state index is 12.3. The van der Waals surface area contributed by atoms with E-state index in [9.17, 15) is 14.7 Å². The number of nitrogens with one attached hydrogen (secondary N) is 1. The highest BCUT2D eigenvalue weighted by Crippen LogP contribution is 2.24. The highest BCUT2D eigenvalue weighted by atomic mass is 127. The average Bonchev–Trinajstić information content (AvgIpc) is 2.42. The Morgan fingerprint density at radius 2 is 2.00 bits per heavy atom. The van der Waals surface area contributed by atoms with Crippen LogP contribution >= 0.6 is 34.2 Å². The maximum atomic E-state index is 12.3. The van der Waals surface area contributed by atoms with Gasteiger partial charge >= 0.3 is 5.97 Å². The van der Waals surface area contributed by atoms with Gasteiger partial charge in [-0.05, 0) is 40.8 Å². The first kappa shape index (κ1) is 15.5. The van der Waals surface area contributed by atoms with E-state index in [1.54, 1.807) is 12.1 Å². The molecule has 0 radical (unpaired) electrons. The summed E-state index contributed by atoms with van der Waals surface area (Å²) in [6, 6.07) is 4.93. The van der Waals surface area contributed by atoms with Gasteiger partial charge in [-0.2, -0.15) is 0 Å². The third-order valence-electron chi connectivity index (χ3n) is 3.28. The Morgan fingerprint density at radius 1 is 1.35 bits per heavy atom. The van der Waals surface area contributed by atoms with Crippen LogP contribution in [-0.2, 0) is 9.53 Å². The number of benzene rings is 1. The van der Waals surface area contributed by atoms with Gasteiger partial charge in [0, 0.05) is 34.6 Å². The van der Waals surface area contributed by atoms with E-state index in [4.69, 9.17) is 16.3 Å². The van der Waals surface area contributed by atoms with Crippen LogP contribution in [0, 0.1) is 3.57 Å². The zero-order chi connectivity index (χ0) is 14.8. The summed E-state index contributed by atoms with van der Waals surface area (Å²) >= 11 is 7.90. The lowest BCUT2D eigenvalue weighted by Crippen LogP contribution is -2.57. The molecule has 20 heavy (non-hydrogen) atoms. The van der Waals surface area contributed by atoms with Crippen LogP contribution in [0.4, 0.5) is 0 Å². The molecule has 0 saturated carbocycles. The summed E-state index contributed by atoms with van der Waals surface area (Å²) in [6.45, 7) is 0.637. The number of hydrogen-bond acceptors (Lipinski definition) is 3. The SMILES string of the molecule is O=C(NC1(C(=O)O)CCOCC1)c1cc(Cl)ccc1I. The molecule has 0 aliphatic carbocycles. The lowest BCUT2D eigenvalue weighted by Gasteiger charge is -2.34. The number of aliphatic carboxylic acids is 1. The molecule has 1 amide bonds. The quantitative estimate of drug-likeness (QED) is 0.751. The molecule has 5 nitrogen and oxygen atoms in total. The van der Waals surface area contributed by atoms with E-state index < -0.39 is 17.4 Å². The molecule has 0 unspecified atom stereocenters. The Balaban J connectivity index is 2.24. The first-order valence-electron chi connectivity index (χ1n) is 6.03. The summed E-state index contributed by atoms with van der Waals surface area (Å²) in [5, 5.41) is 12.5. The first-order valence-corrected chi connectivity index (χ1v) is 7.49. The topological polar surface area (TPSA) is 75.6 Å². The van der Waals surface area contributed by atoms with E-state index in [0.717, 1.165) is 3.57 Å².